The van der Waals surface area contributed by atoms with Crippen LogP contribution in [0.2, 0.25) is 0 Å². The molecule has 1 amide bonds. The molecule has 0 saturated heterocycles. The lowest BCUT2D eigenvalue weighted by Crippen LogP contribution is -2.35. The van der Waals surface area contributed by atoms with Crippen molar-refractivity contribution in [2.45, 2.75) is 26.8 Å². The van der Waals surface area contributed by atoms with E-state index in [1.54, 1.807) is 18.2 Å². The fourth-order valence-electron chi connectivity index (χ4n) is 2.64. The first-order valence-corrected chi connectivity index (χ1v) is 10.1. The molecule has 0 aromatic heterocycles. The first-order chi connectivity index (χ1) is 12.2. The van der Waals surface area contributed by atoms with E-state index in [-0.39, 0.29) is 31.2 Å². The van der Waals surface area contributed by atoms with Crippen molar-refractivity contribution in [3.05, 3.63) is 65.0 Å². The van der Waals surface area contributed by atoms with Crippen molar-refractivity contribution < 1.29 is 17.6 Å². The number of nitrogens with one attached hydrogen (secondary N) is 1. The predicted octanol–water partition coefficient (Wildman–Crippen LogP) is 2.92. The molecule has 0 heterocycles. The molecule has 5 nitrogen and oxygen atoms in total. The van der Waals surface area contributed by atoms with Gasteiger partial charge < -0.3 is 5.32 Å². The molecule has 0 bridgehead atoms. The first kappa shape index (κ1) is 19.9. The Morgan fingerprint density at radius 3 is 2.35 bits per heavy atom. The number of anilines is 1. The van der Waals surface area contributed by atoms with Crippen LogP contribution in [-0.4, -0.2) is 27.1 Å². The molecule has 0 aliphatic rings. The fraction of sp³-hybridized carbons (Fsp3) is 0.316. The van der Waals surface area contributed by atoms with Crippen LogP contribution in [0.3, 0.4) is 0 Å². The Bertz CT molecular complexity index is 880. The van der Waals surface area contributed by atoms with E-state index in [1.807, 2.05) is 26.0 Å². The standard InChI is InChI=1S/C19H23FN2O3S/c1-14-4-9-18(15(2)12-14)22(26(3,24)25)11-10-19(23)21-13-16-5-7-17(20)8-6-16/h4-9,12H,10-11,13H2,1-3H3,(H,21,23). The zero-order valence-corrected chi connectivity index (χ0v) is 15.9. The number of carbonyl (C=O) groups excluding carboxylic acids is 1. The van der Waals surface area contributed by atoms with Crippen LogP contribution in [0.25, 0.3) is 0 Å². The van der Waals surface area contributed by atoms with Crippen LogP contribution < -0.4 is 9.62 Å². The van der Waals surface area contributed by atoms with E-state index in [4.69, 9.17) is 0 Å². The van der Waals surface area contributed by atoms with E-state index in [0.717, 1.165) is 22.9 Å². The van der Waals surface area contributed by atoms with Crippen LogP contribution in [0, 0.1) is 19.7 Å². The Morgan fingerprint density at radius 1 is 1.12 bits per heavy atom. The Morgan fingerprint density at radius 2 is 1.77 bits per heavy atom. The maximum atomic E-state index is 12.9. The highest BCUT2D eigenvalue weighted by atomic mass is 32.2. The molecule has 2 aromatic carbocycles. The molecule has 2 aromatic rings. The summed E-state index contributed by atoms with van der Waals surface area (Å²) in [5, 5.41) is 2.72. The topological polar surface area (TPSA) is 66.5 Å². The molecule has 0 atom stereocenters. The average Bonchev–Trinajstić information content (AvgIpc) is 2.55. The van der Waals surface area contributed by atoms with E-state index in [1.165, 1.54) is 16.4 Å². The van der Waals surface area contributed by atoms with Gasteiger partial charge in [-0.15, -0.1) is 0 Å². The quantitative estimate of drug-likeness (QED) is 0.806. The molecule has 1 N–H and O–H groups in total. The van der Waals surface area contributed by atoms with E-state index < -0.39 is 10.0 Å². The van der Waals surface area contributed by atoms with Gasteiger partial charge in [-0.1, -0.05) is 29.8 Å². The smallest absolute Gasteiger partial charge is 0.232 e. The van der Waals surface area contributed by atoms with Crippen LogP contribution in [0.4, 0.5) is 10.1 Å². The number of benzene rings is 2. The van der Waals surface area contributed by atoms with Gasteiger partial charge >= 0.3 is 0 Å². The van der Waals surface area contributed by atoms with Gasteiger partial charge in [-0.25, -0.2) is 12.8 Å². The van der Waals surface area contributed by atoms with E-state index in [2.05, 4.69) is 5.32 Å². The number of halogens is 1. The molecule has 2 rings (SSSR count). The summed E-state index contributed by atoms with van der Waals surface area (Å²) in [6.45, 7) is 4.10. The number of aryl methyl sites for hydroxylation is 2. The van der Waals surface area contributed by atoms with E-state index in [0.29, 0.717) is 5.69 Å². The van der Waals surface area contributed by atoms with Crippen molar-refractivity contribution in [3.63, 3.8) is 0 Å². The molecule has 0 saturated carbocycles. The lowest BCUT2D eigenvalue weighted by molar-refractivity contribution is -0.121. The van der Waals surface area contributed by atoms with Crippen molar-refractivity contribution >= 4 is 21.6 Å². The predicted molar refractivity (Wildman–Crippen MR) is 101 cm³/mol. The monoisotopic (exact) mass is 378 g/mol. The molecule has 0 radical (unpaired) electrons. The van der Waals surface area contributed by atoms with Crippen molar-refractivity contribution in [1.82, 2.24) is 5.32 Å². The second kappa shape index (κ2) is 8.31. The Hall–Kier alpha value is -2.41. The number of sulfonamides is 1. The number of amides is 1. The lowest BCUT2D eigenvalue weighted by Gasteiger charge is -2.24. The summed E-state index contributed by atoms with van der Waals surface area (Å²) < 4.78 is 38.4. The normalized spacial score (nSPS) is 11.2. The Kier molecular flexibility index (Phi) is 6.37. The molecule has 0 fully saturated rings. The first-order valence-electron chi connectivity index (χ1n) is 8.23. The number of nitrogens with zero attached hydrogens (tertiary/aromatic N) is 1. The zero-order valence-electron chi connectivity index (χ0n) is 15.1. The highest BCUT2D eigenvalue weighted by Crippen LogP contribution is 2.23. The third-order valence-electron chi connectivity index (χ3n) is 3.97. The van der Waals surface area contributed by atoms with Gasteiger partial charge in [0, 0.05) is 19.5 Å². The molecule has 0 aliphatic carbocycles. The second-order valence-electron chi connectivity index (χ2n) is 6.28. The van der Waals surface area contributed by atoms with Gasteiger partial charge in [0.15, 0.2) is 0 Å². The van der Waals surface area contributed by atoms with Crippen LogP contribution in [0.15, 0.2) is 42.5 Å². The van der Waals surface area contributed by atoms with Crippen LogP contribution in [0.1, 0.15) is 23.1 Å². The third kappa shape index (κ3) is 5.56. The average molecular weight is 378 g/mol. The molecule has 0 aliphatic heterocycles. The van der Waals surface area contributed by atoms with E-state index in [9.17, 15) is 17.6 Å². The molecular formula is C19H23FN2O3S. The maximum Gasteiger partial charge on any atom is 0.232 e. The molecule has 0 unspecified atom stereocenters. The highest BCUT2D eigenvalue weighted by Gasteiger charge is 2.20. The summed E-state index contributed by atoms with van der Waals surface area (Å²) >= 11 is 0. The van der Waals surface area contributed by atoms with Crippen LogP contribution in [-0.2, 0) is 21.4 Å². The second-order valence-corrected chi connectivity index (χ2v) is 8.19. The Balaban J connectivity index is 2.01. The molecular weight excluding hydrogens is 355 g/mol. The van der Waals surface area contributed by atoms with Gasteiger partial charge in [-0.2, -0.15) is 0 Å². The van der Waals surface area contributed by atoms with Crippen molar-refractivity contribution in [2.75, 3.05) is 17.1 Å². The molecule has 0 spiro atoms. The summed E-state index contributed by atoms with van der Waals surface area (Å²) in [5.41, 5.74) is 3.22. The van der Waals surface area contributed by atoms with Crippen molar-refractivity contribution in [2.24, 2.45) is 0 Å². The molecule has 7 heteroatoms. The minimum Gasteiger partial charge on any atom is -0.352 e. The van der Waals surface area contributed by atoms with Gasteiger partial charge in [-0.05, 0) is 43.2 Å². The molecule has 26 heavy (non-hydrogen) atoms. The van der Waals surface area contributed by atoms with Gasteiger partial charge in [0.2, 0.25) is 15.9 Å². The fourth-order valence-corrected chi connectivity index (χ4v) is 3.63. The number of carbonyl (C=O) groups is 1. The Labute approximate surface area is 153 Å². The van der Waals surface area contributed by atoms with Gasteiger partial charge in [0.25, 0.3) is 0 Å². The summed E-state index contributed by atoms with van der Waals surface area (Å²) in [7, 11) is -3.51. The van der Waals surface area contributed by atoms with Gasteiger partial charge in [0.05, 0.1) is 11.9 Å². The van der Waals surface area contributed by atoms with Crippen molar-refractivity contribution in [1.29, 1.82) is 0 Å². The minimum absolute atomic E-state index is 0.0293. The van der Waals surface area contributed by atoms with Crippen LogP contribution in [0.5, 0.6) is 0 Å². The van der Waals surface area contributed by atoms with E-state index >= 15 is 0 Å². The SMILES string of the molecule is Cc1ccc(N(CCC(=O)NCc2ccc(F)cc2)S(C)(=O)=O)c(C)c1. The lowest BCUT2D eigenvalue weighted by atomic mass is 10.1. The largest absolute Gasteiger partial charge is 0.352 e. The highest BCUT2D eigenvalue weighted by molar-refractivity contribution is 7.92. The number of hydrogen-bond acceptors (Lipinski definition) is 3. The van der Waals surface area contributed by atoms with Crippen molar-refractivity contribution in [3.8, 4) is 0 Å². The zero-order chi connectivity index (χ0) is 19.3. The van der Waals surface area contributed by atoms with Gasteiger partial charge in [-0.3, -0.25) is 9.10 Å². The number of hydrogen-bond donors (Lipinski definition) is 1. The summed E-state index contributed by atoms with van der Waals surface area (Å²) in [6.07, 6.45) is 1.16. The summed E-state index contributed by atoms with van der Waals surface area (Å²) in [6, 6.07) is 11.3. The van der Waals surface area contributed by atoms with Gasteiger partial charge in [0.1, 0.15) is 5.82 Å². The maximum absolute atomic E-state index is 12.9. The molecule has 140 valence electrons. The summed E-state index contributed by atoms with van der Waals surface area (Å²) in [4.78, 5) is 12.1. The third-order valence-corrected chi connectivity index (χ3v) is 5.15. The minimum atomic E-state index is -3.51. The van der Waals surface area contributed by atoms with Crippen LogP contribution >= 0.6 is 0 Å². The number of rotatable bonds is 7. The summed E-state index contributed by atoms with van der Waals surface area (Å²) in [5.74, 6) is -0.606.